The number of nitrogens with one attached hydrogen (secondary N) is 3. The van der Waals surface area contributed by atoms with Crippen LogP contribution in [-0.2, 0) is 26.8 Å². The molecule has 0 spiro atoms. The minimum Gasteiger partial charge on any atom is -0.507 e. The van der Waals surface area contributed by atoms with Gasteiger partial charge in [-0.3, -0.25) is 14.6 Å². The van der Waals surface area contributed by atoms with Crippen molar-refractivity contribution < 1.29 is 40.7 Å². The highest BCUT2D eigenvalue weighted by atomic mass is 32.2. The summed E-state index contributed by atoms with van der Waals surface area (Å²) in [6.07, 6.45) is 3.29. The molecule has 2 aliphatic rings. The summed E-state index contributed by atoms with van der Waals surface area (Å²) < 4.78 is 92.0. The summed E-state index contributed by atoms with van der Waals surface area (Å²) in [5, 5.41) is 19.1. The number of aromatic nitrogens is 1. The van der Waals surface area contributed by atoms with E-state index in [1.165, 1.54) is 58.1 Å². The van der Waals surface area contributed by atoms with Crippen LogP contribution < -0.4 is 16.0 Å². The maximum atomic E-state index is 16.3. The number of hydrogen-bond donors (Lipinski definition) is 4. The Morgan fingerprint density at radius 1 is 0.929 bits per heavy atom. The Hall–Kier alpha value is -4.90. The quantitative estimate of drug-likeness (QED) is 0.146. The second-order valence-corrected chi connectivity index (χ2v) is 16.0. The van der Waals surface area contributed by atoms with E-state index >= 15 is 13.2 Å². The SMILES string of the molecule is CC(=O)NC1CCN(S(=O)(=O)N2CCNC[C@@H]2CCc2c(F)cncc2[C@@](CCNC(=O)c2ccccc2O)(c2ccc(F)cc2)c2cc(F)cc(F)c2)CC1. The number of carbonyl (C=O) groups excluding carboxylic acids is 2. The van der Waals surface area contributed by atoms with E-state index in [1.807, 2.05) is 0 Å². The van der Waals surface area contributed by atoms with E-state index in [0.717, 1.165) is 18.3 Å². The molecular formula is C40H44F4N6O5S. The van der Waals surface area contributed by atoms with Crippen LogP contribution in [0.5, 0.6) is 5.75 Å². The zero-order valence-corrected chi connectivity index (χ0v) is 31.6. The fourth-order valence-electron chi connectivity index (χ4n) is 7.91. The first kappa shape index (κ1) is 40.8. The summed E-state index contributed by atoms with van der Waals surface area (Å²) >= 11 is 0. The van der Waals surface area contributed by atoms with Gasteiger partial charge >= 0.3 is 0 Å². The summed E-state index contributed by atoms with van der Waals surface area (Å²) in [6.45, 7) is 2.55. The van der Waals surface area contributed by atoms with Crippen LogP contribution in [0.4, 0.5) is 17.6 Å². The maximum Gasteiger partial charge on any atom is 0.282 e. The molecule has 2 atom stereocenters. The molecule has 6 rings (SSSR count). The minimum atomic E-state index is -3.95. The van der Waals surface area contributed by atoms with Gasteiger partial charge in [0.15, 0.2) is 0 Å². The Labute approximate surface area is 323 Å². The molecular weight excluding hydrogens is 753 g/mol. The predicted molar refractivity (Wildman–Crippen MR) is 201 cm³/mol. The van der Waals surface area contributed by atoms with Crippen LogP contribution in [0.25, 0.3) is 0 Å². The highest BCUT2D eigenvalue weighted by Gasteiger charge is 2.42. The van der Waals surface area contributed by atoms with Crippen LogP contribution >= 0.6 is 0 Å². The van der Waals surface area contributed by atoms with Gasteiger partial charge in [-0.05, 0) is 90.8 Å². The van der Waals surface area contributed by atoms with Crippen LogP contribution in [0.15, 0.2) is 79.1 Å². The zero-order chi connectivity index (χ0) is 40.0. The van der Waals surface area contributed by atoms with E-state index in [2.05, 4.69) is 20.9 Å². The largest absolute Gasteiger partial charge is 0.507 e. The maximum absolute atomic E-state index is 16.3. The van der Waals surface area contributed by atoms with Gasteiger partial charge < -0.3 is 21.1 Å². The number of amides is 2. The number of benzene rings is 3. The molecule has 2 aliphatic heterocycles. The van der Waals surface area contributed by atoms with Crippen molar-refractivity contribution in [2.24, 2.45) is 0 Å². The summed E-state index contributed by atoms with van der Waals surface area (Å²) in [5.74, 6) is -4.27. The predicted octanol–water partition coefficient (Wildman–Crippen LogP) is 4.55. The lowest BCUT2D eigenvalue weighted by Crippen LogP contribution is -2.59. The number of phenols is 1. The van der Waals surface area contributed by atoms with Crippen LogP contribution in [0, 0.1) is 23.3 Å². The van der Waals surface area contributed by atoms with E-state index in [-0.39, 0.29) is 91.9 Å². The molecule has 0 aliphatic carbocycles. The third kappa shape index (κ3) is 8.88. The lowest BCUT2D eigenvalue weighted by atomic mass is 9.66. The van der Waals surface area contributed by atoms with Crippen molar-refractivity contribution in [3.8, 4) is 5.75 Å². The molecule has 3 heterocycles. The molecule has 0 unspecified atom stereocenters. The number of halogens is 4. The Bertz CT molecular complexity index is 2130. The van der Waals surface area contributed by atoms with E-state index < -0.39 is 50.8 Å². The number of para-hydroxylation sites is 1. The minimum absolute atomic E-state index is 0.0116. The van der Waals surface area contributed by atoms with Crippen molar-refractivity contribution in [1.82, 2.24) is 29.5 Å². The van der Waals surface area contributed by atoms with Gasteiger partial charge in [0.2, 0.25) is 5.91 Å². The van der Waals surface area contributed by atoms with Gasteiger partial charge in [0.25, 0.3) is 16.1 Å². The number of pyridine rings is 1. The number of aromatic hydroxyl groups is 1. The van der Waals surface area contributed by atoms with Crippen molar-refractivity contribution in [3.63, 3.8) is 0 Å². The number of piperidine rings is 1. The number of piperazine rings is 1. The molecule has 56 heavy (non-hydrogen) atoms. The Morgan fingerprint density at radius 2 is 1.62 bits per heavy atom. The molecule has 3 aromatic carbocycles. The molecule has 0 saturated carbocycles. The van der Waals surface area contributed by atoms with Gasteiger partial charge in [-0.2, -0.15) is 17.0 Å². The number of hydrogen-bond acceptors (Lipinski definition) is 7. The third-order valence-corrected chi connectivity index (χ3v) is 12.7. The Kier molecular flexibility index (Phi) is 12.7. The molecule has 4 aromatic rings. The molecule has 0 bridgehead atoms. The molecule has 2 amide bonds. The Balaban J connectivity index is 1.37. The number of phenolic OH excluding ortho intramolecular Hbond substituents is 1. The Morgan fingerprint density at radius 3 is 2.30 bits per heavy atom. The summed E-state index contributed by atoms with van der Waals surface area (Å²) in [5.41, 5.74) is -1.01. The summed E-state index contributed by atoms with van der Waals surface area (Å²) in [7, 11) is -3.95. The van der Waals surface area contributed by atoms with Crippen molar-refractivity contribution in [2.45, 2.75) is 56.5 Å². The van der Waals surface area contributed by atoms with Gasteiger partial charge in [0, 0.05) is 76.0 Å². The zero-order valence-electron chi connectivity index (χ0n) is 30.8. The van der Waals surface area contributed by atoms with Crippen molar-refractivity contribution in [2.75, 3.05) is 39.3 Å². The molecule has 0 radical (unpaired) electrons. The third-order valence-electron chi connectivity index (χ3n) is 10.6. The summed E-state index contributed by atoms with van der Waals surface area (Å²) in [6, 6.07) is 13.2. The molecule has 298 valence electrons. The van der Waals surface area contributed by atoms with Gasteiger partial charge in [-0.25, -0.2) is 17.6 Å². The van der Waals surface area contributed by atoms with Crippen molar-refractivity contribution in [1.29, 1.82) is 0 Å². The van der Waals surface area contributed by atoms with Crippen molar-refractivity contribution in [3.05, 3.63) is 130 Å². The van der Waals surface area contributed by atoms with E-state index in [4.69, 9.17) is 0 Å². The molecule has 1 aromatic heterocycles. The molecule has 11 nitrogen and oxygen atoms in total. The van der Waals surface area contributed by atoms with Gasteiger partial charge in [0.1, 0.15) is 29.0 Å². The monoisotopic (exact) mass is 796 g/mol. The van der Waals surface area contributed by atoms with Crippen LogP contribution in [-0.4, -0.2) is 90.3 Å². The first-order valence-electron chi connectivity index (χ1n) is 18.5. The molecule has 16 heteroatoms. The smallest absolute Gasteiger partial charge is 0.282 e. The van der Waals surface area contributed by atoms with Gasteiger partial charge in [-0.1, -0.05) is 24.3 Å². The highest BCUT2D eigenvalue weighted by molar-refractivity contribution is 7.86. The fourth-order valence-corrected chi connectivity index (χ4v) is 9.76. The number of carbonyl (C=O) groups is 2. The van der Waals surface area contributed by atoms with Crippen LogP contribution in [0.2, 0.25) is 0 Å². The first-order valence-corrected chi connectivity index (χ1v) is 19.9. The summed E-state index contributed by atoms with van der Waals surface area (Å²) in [4.78, 5) is 28.9. The first-order chi connectivity index (χ1) is 26.8. The number of rotatable bonds is 13. The van der Waals surface area contributed by atoms with E-state index in [9.17, 15) is 27.5 Å². The topological polar surface area (TPSA) is 144 Å². The number of nitrogens with zero attached hydrogens (tertiary/aromatic N) is 3. The highest BCUT2D eigenvalue weighted by Crippen LogP contribution is 2.45. The van der Waals surface area contributed by atoms with E-state index in [1.54, 1.807) is 12.1 Å². The molecule has 2 saturated heterocycles. The molecule has 4 N–H and O–H groups in total. The van der Waals surface area contributed by atoms with Crippen molar-refractivity contribution >= 4 is 22.0 Å². The van der Waals surface area contributed by atoms with Gasteiger partial charge in [-0.15, -0.1) is 0 Å². The van der Waals surface area contributed by atoms with Gasteiger partial charge in [0.05, 0.1) is 11.8 Å². The average molecular weight is 797 g/mol. The lowest BCUT2D eigenvalue weighted by Gasteiger charge is -2.41. The van der Waals surface area contributed by atoms with Crippen LogP contribution in [0.3, 0.4) is 0 Å². The van der Waals surface area contributed by atoms with E-state index in [0.29, 0.717) is 31.0 Å². The second-order valence-electron chi connectivity index (χ2n) is 14.1. The standard InChI is InChI=1S/C40H44F4N6O5S/c1-26(51)48-32-12-17-49(18-13-32)56(54,55)50-19-16-45-23-33(50)10-11-34-36(24-46-25-37(34)44)40(27-6-8-29(41)9-7-27,28-20-30(42)22-31(43)21-28)14-15-47-39(53)35-4-2-3-5-38(35)52/h2-9,20-22,24-25,32-33,45,52H,10-19,23H2,1H3,(H,47,53)(H,48,51)/t33-,40-/m0/s1. The normalized spacial score (nSPS) is 18.3. The lowest BCUT2D eigenvalue weighted by molar-refractivity contribution is -0.119. The van der Waals surface area contributed by atoms with Crippen LogP contribution in [0.1, 0.15) is 65.2 Å². The average Bonchev–Trinajstić information content (AvgIpc) is 3.16. The second kappa shape index (κ2) is 17.5. The fraction of sp³-hybridized carbons (Fsp3) is 0.375. The molecule has 2 fully saturated rings.